The zero-order chi connectivity index (χ0) is 14.8. The van der Waals surface area contributed by atoms with Gasteiger partial charge in [-0.2, -0.15) is 0 Å². The van der Waals surface area contributed by atoms with E-state index in [-0.39, 0.29) is 6.54 Å². The highest BCUT2D eigenvalue weighted by Crippen LogP contribution is 2.30. The van der Waals surface area contributed by atoms with Crippen LogP contribution in [0.5, 0.6) is 0 Å². The number of carbonyl (C=O) groups is 1. The lowest BCUT2D eigenvalue weighted by atomic mass is 9.92. The van der Waals surface area contributed by atoms with Gasteiger partial charge in [0.25, 0.3) is 5.69 Å². The normalized spacial score (nSPS) is 11.2. The minimum Gasteiger partial charge on any atom is -0.329 e. The summed E-state index contributed by atoms with van der Waals surface area (Å²) >= 11 is 0. The van der Waals surface area contributed by atoms with E-state index in [1.807, 2.05) is 5.32 Å². The van der Waals surface area contributed by atoms with E-state index in [2.05, 4.69) is 0 Å². The molecule has 0 aliphatic carbocycles. The summed E-state index contributed by atoms with van der Waals surface area (Å²) < 4.78 is 26.6. The second kappa shape index (κ2) is 5.27. The first kappa shape index (κ1) is 15.0. The van der Waals surface area contributed by atoms with Crippen molar-refractivity contribution in [3.63, 3.8) is 0 Å². The summed E-state index contributed by atoms with van der Waals surface area (Å²) in [6, 6.07) is 1.40. The van der Waals surface area contributed by atoms with E-state index in [4.69, 9.17) is 5.73 Å². The fourth-order valence-corrected chi connectivity index (χ4v) is 1.19. The molecule has 8 heteroatoms. The molecule has 0 heterocycles. The molecule has 19 heavy (non-hydrogen) atoms. The Labute approximate surface area is 107 Å². The van der Waals surface area contributed by atoms with Crippen LogP contribution in [0.4, 0.5) is 20.2 Å². The summed E-state index contributed by atoms with van der Waals surface area (Å²) in [5, 5.41) is 12.7. The van der Waals surface area contributed by atoms with E-state index in [9.17, 15) is 23.7 Å². The fourth-order valence-electron chi connectivity index (χ4n) is 1.19. The largest absolute Gasteiger partial charge is 0.329 e. The topological polar surface area (TPSA) is 98.3 Å². The summed E-state index contributed by atoms with van der Waals surface area (Å²) in [4.78, 5) is 21.6. The molecule has 104 valence electrons. The number of nitrogens with one attached hydrogen (secondary N) is 1. The first-order chi connectivity index (χ1) is 8.70. The molecule has 0 aromatic heterocycles. The molecule has 0 aliphatic heterocycles. The molecule has 0 unspecified atom stereocenters. The standard InChI is InChI=1S/C11H13F2N3O3/c1-11(2,5-14)10(17)15-9-7(16(18)19)4-3-6(12)8(9)13/h3-4H,5,14H2,1-2H3,(H,15,17). The highest BCUT2D eigenvalue weighted by molar-refractivity contribution is 5.97. The molecule has 1 amide bonds. The maximum absolute atomic E-state index is 13.5. The van der Waals surface area contributed by atoms with Gasteiger partial charge in [-0.15, -0.1) is 0 Å². The average Bonchev–Trinajstić information content (AvgIpc) is 2.34. The smallest absolute Gasteiger partial charge is 0.296 e. The molecule has 0 bridgehead atoms. The summed E-state index contributed by atoms with van der Waals surface area (Å²) in [6.45, 7) is 2.90. The van der Waals surface area contributed by atoms with Crippen LogP contribution in [0.1, 0.15) is 13.8 Å². The first-order valence-electron chi connectivity index (χ1n) is 5.34. The third-order valence-corrected chi connectivity index (χ3v) is 2.63. The van der Waals surface area contributed by atoms with E-state index >= 15 is 0 Å². The summed E-state index contributed by atoms with van der Waals surface area (Å²) in [6.07, 6.45) is 0. The van der Waals surface area contributed by atoms with Crippen LogP contribution in [0.15, 0.2) is 12.1 Å². The molecule has 0 atom stereocenters. The van der Waals surface area contributed by atoms with Crippen LogP contribution < -0.4 is 11.1 Å². The van der Waals surface area contributed by atoms with Crippen LogP contribution in [0.2, 0.25) is 0 Å². The third-order valence-electron chi connectivity index (χ3n) is 2.63. The molecule has 0 aliphatic rings. The SMILES string of the molecule is CC(C)(CN)C(=O)Nc1c([N+](=O)[O-])ccc(F)c1F. The summed E-state index contributed by atoms with van der Waals surface area (Å²) in [5.41, 5.74) is 2.78. The van der Waals surface area contributed by atoms with E-state index in [0.717, 1.165) is 6.07 Å². The van der Waals surface area contributed by atoms with Crippen molar-refractivity contribution in [1.29, 1.82) is 0 Å². The lowest BCUT2D eigenvalue weighted by Gasteiger charge is -2.21. The lowest BCUT2D eigenvalue weighted by Crippen LogP contribution is -2.37. The predicted molar refractivity (Wildman–Crippen MR) is 64.5 cm³/mol. The quantitative estimate of drug-likeness (QED) is 0.645. The van der Waals surface area contributed by atoms with Gasteiger partial charge in [-0.25, -0.2) is 8.78 Å². The highest BCUT2D eigenvalue weighted by atomic mass is 19.2. The fraction of sp³-hybridized carbons (Fsp3) is 0.364. The Morgan fingerprint density at radius 2 is 2.05 bits per heavy atom. The highest BCUT2D eigenvalue weighted by Gasteiger charge is 2.30. The van der Waals surface area contributed by atoms with Crippen molar-refractivity contribution in [3.05, 3.63) is 33.9 Å². The van der Waals surface area contributed by atoms with Crippen LogP contribution in [-0.4, -0.2) is 17.4 Å². The molecule has 0 radical (unpaired) electrons. The molecular weight excluding hydrogens is 260 g/mol. The number of nitrogens with zero attached hydrogens (tertiary/aromatic N) is 1. The Kier molecular flexibility index (Phi) is 4.15. The second-order valence-corrected chi connectivity index (χ2v) is 4.55. The lowest BCUT2D eigenvalue weighted by molar-refractivity contribution is -0.384. The van der Waals surface area contributed by atoms with Gasteiger partial charge in [0, 0.05) is 12.6 Å². The Morgan fingerprint density at radius 3 is 2.53 bits per heavy atom. The molecule has 1 aromatic rings. The molecule has 0 spiro atoms. The number of halogens is 2. The number of anilines is 1. The molecule has 1 rings (SSSR count). The summed E-state index contributed by atoms with van der Waals surface area (Å²) in [5.74, 6) is -3.50. The molecule has 0 fully saturated rings. The van der Waals surface area contributed by atoms with Crippen molar-refractivity contribution in [2.45, 2.75) is 13.8 Å². The van der Waals surface area contributed by atoms with Gasteiger partial charge in [0.1, 0.15) is 0 Å². The molecule has 0 saturated carbocycles. The van der Waals surface area contributed by atoms with Gasteiger partial charge in [-0.3, -0.25) is 14.9 Å². The van der Waals surface area contributed by atoms with E-state index in [0.29, 0.717) is 6.07 Å². The van der Waals surface area contributed by atoms with E-state index < -0.39 is 39.3 Å². The van der Waals surface area contributed by atoms with Crippen molar-refractivity contribution in [2.24, 2.45) is 11.1 Å². The predicted octanol–water partition coefficient (Wildman–Crippen LogP) is 1.80. The van der Waals surface area contributed by atoms with Gasteiger partial charge < -0.3 is 11.1 Å². The molecule has 3 N–H and O–H groups in total. The number of nitro groups is 1. The first-order valence-corrected chi connectivity index (χ1v) is 5.34. The number of benzene rings is 1. The molecule has 1 aromatic carbocycles. The molecular formula is C11H13F2N3O3. The van der Waals surface area contributed by atoms with Crippen molar-refractivity contribution >= 4 is 17.3 Å². The van der Waals surface area contributed by atoms with E-state index in [1.54, 1.807) is 0 Å². The van der Waals surface area contributed by atoms with Crippen molar-refractivity contribution in [3.8, 4) is 0 Å². The van der Waals surface area contributed by atoms with Gasteiger partial charge in [0.05, 0.1) is 10.3 Å². The van der Waals surface area contributed by atoms with Crippen molar-refractivity contribution in [1.82, 2.24) is 0 Å². The van der Waals surface area contributed by atoms with Crippen LogP contribution in [0, 0.1) is 27.2 Å². The third kappa shape index (κ3) is 3.02. The van der Waals surface area contributed by atoms with Gasteiger partial charge in [-0.05, 0) is 19.9 Å². The second-order valence-electron chi connectivity index (χ2n) is 4.55. The number of amides is 1. The maximum Gasteiger partial charge on any atom is 0.296 e. The monoisotopic (exact) mass is 273 g/mol. The molecule has 0 saturated heterocycles. The number of hydrogen-bond acceptors (Lipinski definition) is 4. The zero-order valence-corrected chi connectivity index (χ0v) is 10.4. The number of nitrogens with two attached hydrogens (primary N) is 1. The number of hydrogen-bond donors (Lipinski definition) is 2. The Morgan fingerprint density at radius 1 is 1.47 bits per heavy atom. The minimum atomic E-state index is -1.48. The van der Waals surface area contributed by atoms with Gasteiger partial charge >= 0.3 is 0 Å². The van der Waals surface area contributed by atoms with Crippen LogP contribution in [0.25, 0.3) is 0 Å². The van der Waals surface area contributed by atoms with Crippen LogP contribution in [0.3, 0.4) is 0 Å². The van der Waals surface area contributed by atoms with Crippen molar-refractivity contribution in [2.75, 3.05) is 11.9 Å². The van der Waals surface area contributed by atoms with Gasteiger partial charge in [0.15, 0.2) is 17.3 Å². The Hall–Kier alpha value is -2.09. The van der Waals surface area contributed by atoms with E-state index in [1.165, 1.54) is 13.8 Å². The van der Waals surface area contributed by atoms with Crippen LogP contribution in [-0.2, 0) is 4.79 Å². The Balaban J connectivity index is 3.23. The Bertz CT molecular complexity index is 532. The maximum atomic E-state index is 13.5. The average molecular weight is 273 g/mol. The zero-order valence-electron chi connectivity index (χ0n) is 10.4. The number of carbonyl (C=O) groups excluding carboxylic acids is 1. The van der Waals surface area contributed by atoms with Gasteiger partial charge in [-0.1, -0.05) is 0 Å². The van der Waals surface area contributed by atoms with Crippen LogP contribution >= 0.6 is 0 Å². The van der Waals surface area contributed by atoms with Crippen molar-refractivity contribution < 1.29 is 18.5 Å². The number of rotatable bonds is 4. The molecule has 6 nitrogen and oxygen atoms in total. The minimum absolute atomic E-state index is 0.0520. The number of nitro benzene ring substituents is 1. The van der Waals surface area contributed by atoms with Gasteiger partial charge in [0.2, 0.25) is 5.91 Å². The summed E-state index contributed by atoms with van der Waals surface area (Å²) in [7, 11) is 0.